The number of aromatic nitrogens is 4. The second kappa shape index (κ2) is 22.3. The number of hydrogen-bond acceptors (Lipinski definition) is 11. The molecule has 19 heteroatoms. The van der Waals surface area contributed by atoms with Crippen LogP contribution >= 0.6 is 0 Å². The lowest BCUT2D eigenvalue weighted by atomic mass is 10.1. The van der Waals surface area contributed by atoms with Crippen LogP contribution in [0.3, 0.4) is 0 Å². The van der Waals surface area contributed by atoms with E-state index in [2.05, 4.69) is 33.2 Å². The molecule has 0 spiro atoms. The van der Waals surface area contributed by atoms with Crippen LogP contribution in [-0.4, -0.2) is 93.0 Å². The SMILES string of the molecule is CCCC[C@H](NC(=O)OCc1ccccc1)c1cn([C@@H](CCCNC(N)=O)CNc2ccc(COC(=O)N3CCN(c4cc5c(cc4F)c(=O)c(C(=O)O)cn5CC)CC3)cc2)nn1. The number of urea groups is 1. The molecule has 0 radical (unpaired) electrons. The highest BCUT2D eigenvalue weighted by Gasteiger charge is 2.26. The van der Waals surface area contributed by atoms with Gasteiger partial charge in [-0.3, -0.25) is 4.79 Å². The number of carboxylic acids is 1. The second-order valence-electron chi connectivity index (χ2n) is 15.5. The molecule has 3 aromatic carbocycles. The standard InChI is InChI=1S/C45H55FN10O8/c1-3-5-13-37(50-44(61)63-28-30-10-7-6-8-11-30)38-27-56(52-51-38)33(12-9-18-48-43(47)60)25-49-32-16-14-31(15-17-32)29-64-45(62)55-21-19-54(20-22-55)40-24-39-34(23-36(40)46)41(57)35(42(58)59)26-53(39)4-2/h6-8,10-11,14-17,23-24,26-27,33,37,49H,3-5,9,12-13,18-22,25,28-29H2,1-2H3,(H,50,61)(H,58,59)(H3,47,48,60)/t33-,37-/m0/s1. The summed E-state index contributed by atoms with van der Waals surface area (Å²) in [5, 5.41) is 27.3. The molecule has 3 heterocycles. The summed E-state index contributed by atoms with van der Waals surface area (Å²) in [6.07, 6.45) is 5.73. The zero-order chi connectivity index (χ0) is 45.6. The molecule has 18 nitrogen and oxygen atoms in total. The fourth-order valence-electron chi connectivity index (χ4n) is 7.49. The number of carboxylic acid groups (broad SMARTS) is 1. The molecule has 6 N–H and O–H groups in total. The number of alkyl carbamates (subject to hydrolysis) is 1. The van der Waals surface area contributed by atoms with Crippen molar-refractivity contribution in [3.63, 3.8) is 0 Å². The Morgan fingerprint density at radius 3 is 2.31 bits per heavy atom. The highest BCUT2D eigenvalue weighted by Crippen LogP contribution is 2.27. The van der Waals surface area contributed by atoms with E-state index < -0.39 is 47.0 Å². The van der Waals surface area contributed by atoms with E-state index in [1.807, 2.05) is 60.8 Å². The molecule has 0 bridgehead atoms. The van der Waals surface area contributed by atoms with Crippen molar-refractivity contribution in [1.82, 2.24) is 35.1 Å². The predicted molar refractivity (Wildman–Crippen MR) is 238 cm³/mol. The van der Waals surface area contributed by atoms with E-state index in [0.29, 0.717) is 63.2 Å². The number of unbranched alkanes of at least 4 members (excludes halogenated alkanes) is 1. The first-order valence-corrected chi connectivity index (χ1v) is 21.5. The number of carbonyl (C=O) groups excluding carboxylic acids is 3. The number of amides is 4. The Balaban J connectivity index is 1.02. The maximum Gasteiger partial charge on any atom is 0.410 e. The number of rotatable bonds is 20. The summed E-state index contributed by atoms with van der Waals surface area (Å²) in [5.74, 6) is -2.02. The Hall–Kier alpha value is -7.18. The maximum absolute atomic E-state index is 15.4. The molecule has 1 fully saturated rings. The number of piperazine rings is 1. The number of carbonyl (C=O) groups is 4. The van der Waals surface area contributed by atoms with Crippen LogP contribution in [0.2, 0.25) is 0 Å². The molecule has 1 aliphatic rings. The van der Waals surface area contributed by atoms with Crippen LogP contribution in [0, 0.1) is 5.82 Å². The zero-order valence-electron chi connectivity index (χ0n) is 36.0. The fourth-order valence-corrected chi connectivity index (χ4v) is 7.49. The van der Waals surface area contributed by atoms with E-state index in [4.69, 9.17) is 15.2 Å². The molecule has 1 saturated heterocycles. The number of aryl methyl sites for hydroxylation is 1. The largest absolute Gasteiger partial charge is 0.477 e. The first-order chi connectivity index (χ1) is 30.9. The average Bonchev–Trinajstić information content (AvgIpc) is 3.79. The number of hydrogen-bond donors (Lipinski definition) is 5. The average molecular weight is 883 g/mol. The van der Waals surface area contributed by atoms with E-state index in [9.17, 15) is 29.1 Å². The smallest absolute Gasteiger partial charge is 0.410 e. The molecule has 4 amide bonds. The first kappa shape index (κ1) is 46.3. The summed E-state index contributed by atoms with van der Waals surface area (Å²) in [7, 11) is 0. The number of benzene rings is 3. The maximum atomic E-state index is 15.4. The van der Waals surface area contributed by atoms with Crippen LogP contribution in [0.1, 0.15) is 85.2 Å². The highest BCUT2D eigenvalue weighted by molar-refractivity contribution is 5.93. The van der Waals surface area contributed by atoms with E-state index in [0.717, 1.165) is 35.7 Å². The summed E-state index contributed by atoms with van der Waals surface area (Å²) < 4.78 is 29.9. The van der Waals surface area contributed by atoms with Gasteiger partial charge in [-0.05, 0) is 61.6 Å². The number of anilines is 2. The van der Waals surface area contributed by atoms with Gasteiger partial charge in [0, 0.05) is 63.1 Å². The van der Waals surface area contributed by atoms with Crippen LogP contribution in [-0.2, 0) is 29.2 Å². The van der Waals surface area contributed by atoms with Crippen molar-refractivity contribution in [1.29, 1.82) is 0 Å². The van der Waals surface area contributed by atoms with E-state index in [1.54, 1.807) is 32.0 Å². The molecule has 340 valence electrons. The van der Waals surface area contributed by atoms with Gasteiger partial charge in [0.2, 0.25) is 5.43 Å². The van der Waals surface area contributed by atoms with Crippen molar-refractivity contribution >= 4 is 46.5 Å². The van der Waals surface area contributed by atoms with Crippen molar-refractivity contribution in [3.05, 3.63) is 118 Å². The molecule has 2 aromatic heterocycles. The van der Waals surface area contributed by atoms with Gasteiger partial charge in [0.15, 0.2) is 0 Å². The third-order valence-corrected chi connectivity index (χ3v) is 11.1. The Labute approximate surface area is 369 Å². The monoisotopic (exact) mass is 882 g/mol. The van der Waals surface area contributed by atoms with Gasteiger partial charge in [-0.25, -0.2) is 28.3 Å². The van der Waals surface area contributed by atoms with Gasteiger partial charge in [-0.2, -0.15) is 0 Å². The molecule has 0 aliphatic carbocycles. The Morgan fingerprint density at radius 2 is 1.62 bits per heavy atom. The minimum Gasteiger partial charge on any atom is -0.477 e. The molecule has 64 heavy (non-hydrogen) atoms. The third kappa shape index (κ3) is 12.3. The molecular formula is C45H55FN10O8. The summed E-state index contributed by atoms with van der Waals surface area (Å²) in [4.78, 5) is 64.9. The van der Waals surface area contributed by atoms with Crippen LogP contribution in [0.25, 0.3) is 10.9 Å². The molecule has 1 aliphatic heterocycles. The van der Waals surface area contributed by atoms with Crippen molar-refractivity contribution in [2.45, 2.75) is 77.8 Å². The van der Waals surface area contributed by atoms with Crippen molar-refractivity contribution < 1.29 is 38.1 Å². The van der Waals surface area contributed by atoms with E-state index >= 15 is 4.39 Å². The number of halogens is 1. The van der Waals surface area contributed by atoms with Gasteiger partial charge in [-0.15, -0.1) is 5.10 Å². The zero-order valence-corrected chi connectivity index (χ0v) is 36.0. The number of nitrogens with two attached hydrogens (primary N) is 1. The predicted octanol–water partition coefficient (Wildman–Crippen LogP) is 6.17. The Kier molecular flexibility index (Phi) is 16.1. The minimum absolute atomic E-state index is 0.00698. The fraction of sp³-hybridized carbons (Fsp3) is 0.400. The molecule has 0 saturated carbocycles. The van der Waals surface area contributed by atoms with Gasteiger partial charge in [0.1, 0.15) is 30.3 Å². The second-order valence-corrected chi connectivity index (χ2v) is 15.5. The number of nitrogens with one attached hydrogen (secondary N) is 3. The number of ether oxygens (including phenoxy) is 2. The molecule has 5 aromatic rings. The normalized spacial score (nSPS) is 13.5. The van der Waals surface area contributed by atoms with Crippen molar-refractivity contribution in [3.8, 4) is 0 Å². The lowest BCUT2D eigenvalue weighted by Gasteiger charge is -2.35. The van der Waals surface area contributed by atoms with Gasteiger partial charge < -0.3 is 50.6 Å². The number of pyridine rings is 1. The van der Waals surface area contributed by atoms with Gasteiger partial charge >= 0.3 is 24.2 Å². The lowest BCUT2D eigenvalue weighted by molar-refractivity contribution is 0.0694. The molecule has 0 unspecified atom stereocenters. The molecule has 2 atom stereocenters. The summed E-state index contributed by atoms with van der Waals surface area (Å²) in [6.45, 7) is 6.48. The van der Waals surface area contributed by atoms with Crippen LogP contribution in [0.4, 0.5) is 30.1 Å². The minimum atomic E-state index is -1.37. The van der Waals surface area contributed by atoms with Crippen molar-refractivity contribution in [2.75, 3.05) is 49.5 Å². The Bertz CT molecular complexity index is 2440. The number of primary amides is 1. The lowest BCUT2D eigenvalue weighted by Crippen LogP contribution is -2.49. The highest BCUT2D eigenvalue weighted by atomic mass is 19.1. The van der Waals surface area contributed by atoms with E-state index in [-0.39, 0.29) is 43.4 Å². The summed E-state index contributed by atoms with van der Waals surface area (Å²) in [5.41, 5.74) is 7.88. The third-order valence-electron chi connectivity index (χ3n) is 11.1. The van der Waals surface area contributed by atoms with Crippen LogP contribution < -0.4 is 32.0 Å². The summed E-state index contributed by atoms with van der Waals surface area (Å²) in [6, 6.07) is 18.4. The number of nitrogens with zero attached hydrogens (tertiary/aromatic N) is 6. The molecule has 6 rings (SSSR count). The number of fused-ring (bicyclic) bond motifs is 1. The molecular weight excluding hydrogens is 828 g/mol. The van der Waals surface area contributed by atoms with Crippen LogP contribution in [0.5, 0.6) is 0 Å². The first-order valence-electron chi connectivity index (χ1n) is 21.5. The topological polar surface area (TPSA) is 228 Å². The number of aromatic carboxylic acids is 1. The quantitative estimate of drug-likeness (QED) is 0.0553. The van der Waals surface area contributed by atoms with Crippen LogP contribution in [0.15, 0.2) is 83.9 Å². The van der Waals surface area contributed by atoms with Crippen molar-refractivity contribution in [2.24, 2.45) is 5.73 Å². The summed E-state index contributed by atoms with van der Waals surface area (Å²) >= 11 is 0. The van der Waals surface area contributed by atoms with Gasteiger partial charge in [0.05, 0.1) is 29.5 Å². The van der Waals surface area contributed by atoms with Gasteiger partial charge in [-0.1, -0.05) is 67.4 Å². The van der Waals surface area contributed by atoms with Gasteiger partial charge in [0.25, 0.3) is 0 Å². The Morgan fingerprint density at radius 1 is 0.906 bits per heavy atom. The van der Waals surface area contributed by atoms with E-state index in [1.165, 1.54) is 6.20 Å².